The molecule has 3 aromatic rings. The molecule has 1 N–H and O–H groups in total. The summed E-state index contributed by atoms with van der Waals surface area (Å²) in [5, 5.41) is 4.41. The number of nitrogens with zero attached hydrogens (tertiary/aromatic N) is 1. The van der Waals surface area contributed by atoms with E-state index in [-0.39, 0.29) is 5.91 Å². The topological polar surface area (TPSA) is 42.0 Å². The van der Waals surface area contributed by atoms with Gasteiger partial charge in [-0.3, -0.25) is 9.78 Å². The molecule has 3 nitrogen and oxygen atoms in total. The van der Waals surface area contributed by atoms with E-state index in [1.54, 1.807) is 0 Å². The Morgan fingerprint density at radius 3 is 2.39 bits per heavy atom. The molecule has 0 saturated heterocycles. The molecule has 1 aliphatic carbocycles. The van der Waals surface area contributed by atoms with Gasteiger partial charge in [0.05, 0.1) is 11.9 Å². The highest BCUT2D eigenvalue weighted by molar-refractivity contribution is 5.86. The minimum absolute atomic E-state index is 0.117. The molecular formula is C25H28N2O. The van der Waals surface area contributed by atoms with Crippen molar-refractivity contribution in [3.05, 3.63) is 77.0 Å². The monoisotopic (exact) mass is 372 g/mol. The number of hydrogen-bond acceptors (Lipinski definition) is 2. The number of hydrogen-bond donors (Lipinski definition) is 1. The average Bonchev–Trinajstić information content (AvgIpc) is 2.72. The molecule has 0 aliphatic heterocycles. The van der Waals surface area contributed by atoms with Gasteiger partial charge in [0.15, 0.2) is 0 Å². The molecule has 144 valence electrons. The number of pyridine rings is 1. The zero-order valence-corrected chi connectivity index (χ0v) is 16.7. The molecule has 0 unspecified atom stereocenters. The number of fused-ring (bicyclic) bond motifs is 1. The first kappa shape index (κ1) is 18.7. The highest BCUT2D eigenvalue weighted by Gasteiger charge is 2.24. The maximum absolute atomic E-state index is 12.7. The van der Waals surface area contributed by atoms with Crippen LogP contribution in [0.2, 0.25) is 0 Å². The minimum Gasteiger partial charge on any atom is -0.353 e. The predicted octanol–water partition coefficient (Wildman–Crippen LogP) is 5.24. The molecule has 1 aliphatic rings. The Bertz CT molecular complexity index is 973. The van der Waals surface area contributed by atoms with Crippen LogP contribution in [-0.2, 0) is 11.2 Å². The lowest BCUT2D eigenvalue weighted by Gasteiger charge is -2.29. The zero-order chi connectivity index (χ0) is 19.5. The van der Waals surface area contributed by atoms with E-state index < -0.39 is 0 Å². The van der Waals surface area contributed by atoms with E-state index in [1.165, 1.54) is 11.1 Å². The van der Waals surface area contributed by atoms with Crippen LogP contribution in [-0.4, -0.2) is 16.9 Å². The second-order valence-electron chi connectivity index (χ2n) is 8.02. The summed E-state index contributed by atoms with van der Waals surface area (Å²) in [6, 6.07) is 19.2. The largest absolute Gasteiger partial charge is 0.353 e. The lowest BCUT2D eigenvalue weighted by atomic mass is 9.81. The van der Waals surface area contributed by atoms with Gasteiger partial charge >= 0.3 is 0 Å². The van der Waals surface area contributed by atoms with E-state index >= 15 is 0 Å². The maximum Gasteiger partial charge on any atom is 0.224 e. The van der Waals surface area contributed by atoms with Gasteiger partial charge in [0.25, 0.3) is 0 Å². The second kappa shape index (κ2) is 8.14. The van der Waals surface area contributed by atoms with E-state index in [9.17, 15) is 4.79 Å². The van der Waals surface area contributed by atoms with E-state index in [4.69, 9.17) is 4.98 Å². The Labute approximate surface area is 167 Å². The summed E-state index contributed by atoms with van der Waals surface area (Å²) in [5.74, 6) is 0.745. The Morgan fingerprint density at radius 2 is 1.64 bits per heavy atom. The number of para-hydroxylation sites is 1. The third kappa shape index (κ3) is 3.94. The fourth-order valence-corrected chi connectivity index (χ4v) is 4.57. The first-order chi connectivity index (χ1) is 13.6. The van der Waals surface area contributed by atoms with Gasteiger partial charge in [-0.2, -0.15) is 0 Å². The zero-order valence-electron chi connectivity index (χ0n) is 16.7. The van der Waals surface area contributed by atoms with Crippen LogP contribution in [0, 0.1) is 13.8 Å². The third-order valence-corrected chi connectivity index (χ3v) is 6.19. The molecule has 4 rings (SSSR count). The van der Waals surface area contributed by atoms with Gasteiger partial charge < -0.3 is 5.32 Å². The smallest absolute Gasteiger partial charge is 0.224 e. The van der Waals surface area contributed by atoms with Gasteiger partial charge in [-0.05, 0) is 68.2 Å². The highest BCUT2D eigenvalue weighted by atomic mass is 16.1. The fourth-order valence-electron chi connectivity index (χ4n) is 4.57. The summed E-state index contributed by atoms with van der Waals surface area (Å²) < 4.78 is 0. The van der Waals surface area contributed by atoms with Gasteiger partial charge in [0.1, 0.15) is 0 Å². The normalized spacial score (nSPS) is 19.5. The van der Waals surface area contributed by atoms with Crippen LogP contribution < -0.4 is 5.32 Å². The molecule has 1 heterocycles. The highest BCUT2D eigenvalue weighted by Crippen LogP contribution is 2.32. The van der Waals surface area contributed by atoms with Crippen LogP contribution in [0.3, 0.4) is 0 Å². The molecular weight excluding hydrogens is 344 g/mol. The van der Waals surface area contributed by atoms with Crippen molar-refractivity contribution in [1.82, 2.24) is 10.3 Å². The Balaban J connectivity index is 1.38. The Hall–Kier alpha value is -2.68. The maximum atomic E-state index is 12.7. The Kier molecular flexibility index (Phi) is 5.43. The van der Waals surface area contributed by atoms with Crippen molar-refractivity contribution in [2.24, 2.45) is 0 Å². The first-order valence-electron chi connectivity index (χ1n) is 10.3. The van der Waals surface area contributed by atoms with Crippen LogP contribution in [0.5, 0.6) is 0 Å². The fraction of sp³-hybridized carbons (Fsp3) is 0.360. The molecule has 1 aromatic heterocycles. The minimum atomic E-state index is 0.117. The number of amides is 1. The number of rotatable bonds is 4. The van der Waals surface area contributed by atoms with Gasteiger partial charge in [0, 0.05) is 17.1 Å². The molecule has 3 heteroatoms. The van der Waals surface area contributed by atoms with Gasteiger partial charge in [0.2, 0.25) is 5.91 Å². The summed E-state index contributed by atoms with van der Waals surface area (Å²) in [4.78, 5) is 17.4. The van der Waals surface area contributed by atoms with Crippen molar-refractivity contribution in [3.63, 3.8) is 0 Å². The number of carbonyl (C=O) groups excluding carboxylic acids is 1. The SMILES string of the molecule is Cc1nc2ccccc2c(C)c1CC(=O)NC1CCC(c2ccccc2)CC1. The van der Waals surface area contributed by atoms with Crippen molar-refractivity contribution < 1.29 is 4.79 Å². The standard InChI is InChI=1S/C25H28N2O/c1-17-22-10-6-7-11-24(22)26-18(2)23(17)16-25(28)27-21-14-12-20(13-15-21)19-8-4-3-5-9-19/h3-11,20-21H,12-16H2,1-2H3,(H,27,28). The predicted molar refractivity (Wildman–Crippen MR) is 115 cm³/mol. The summed E-state index contributed by atoms with van der Waals surface area (Å²) >= 11 is 0. The number of aromatic nitrogens is 1. The molecule has 0 bridgehead atoms. The van der Waals surface area contributed by atoms with Crippen molar-refractivity contribution >= 4 is 16.8 Å². The molecule has 1 fully saturated rings. The van der Waals surface area contributed by atoms with Crippen LogP contribution in [0.1, 0.15) is 54.0 Å². The summed E-state index contributed by atoms with van der Waals surface area (Å²) in [5.41, 5.74) is 5.63. The van der Waals surface area contributed by atoms with Crippen LogP contribution >= 0.6 is 0 Å². The number of carbonyl (C=O) groups is 1. The van der Waals surface area contributed by atoms with Gasteiger partial charge in [-0.25, -0.2) is 0 Å². The molecule has 1 amide bonds. The number of aryl methyl sites for hydroxylation is 2. The lowest BCUT2D eigenvalue weighted by molar-refractivity contribution is -0.121. The lowest BCUT2D eigenvalue weighted by Crippen LogP contribution is -2.38. The molecule has 0 atom stereocenters. The number of nitrogens with one attached hydrogen (secondary N) is 1. The van der Waals surface area contributed by atoms with E-state index in [2.05, 4.69) is 48.6 Å². The molecule has 1 saturated carbocycles. The third-order valence-electron chi connectivity index (χ3n) is 6.19. The van der Waals surface area contributed by atoms with Crippen LogP contribution in [0.15, 0.2) is 54.6 Å². The van der Waals surface area contributed by atoms with Crippen molar-refractivity contribution in [1.29, 1.82) is 0 Å². The van der Waals surface area contributed by atoms with E-state index in [0.29, 0.717) is 18.4 Å². The van der Waals surface area contributed by atoms with E-state index in [0.717, 1.165) is 47.8 Å². The Morgan fingerprint density at radius 1 is 0.964 bits per heavy atom. The van der Waals surface area contributed by atoms with E-state index in [1.807, 2.05) is 25.1 Å². The van der Waals surface area contributed by atoms with Gasteiger partial charge in [-0.15, -0.1) is 0 Å². The molecule has 0 radical (unpaired) electrons. The summed E-state index contributed by atoms with van der Waals surface area (Å²) in [7, 11) is 0. The van der Waals surface area contributed by atoms with Crippen LogP contribution in [0.4, 0.5) is 0 Å². The first-order valence-corrected chi connectivity index (χ1v) is 10.3. The number of benzene rings is 2. The van der Waals surface area contributed by atoms with Crippen molar-refractivity contribution in [3.8, 4) is 0 Å². The van der Waals surface area contributed by atoms with Crippen LogP contribution in [0.25, 0.3) is 10.9 Å². The average molecular weight is 373 g/mol. The molecule has 28 heavy (non-hydrogen) atoms. The second-order valence-corrected chi connectivity index (χ2v) is 8.02. The molecule has 0 spiro atoms. The molecule has 2 aromatic carbocycles. The quantitative estimate of drug-likeness (QED) is 0.681. The summed E-state index contributed by atoms with van der Waals surface area (Å²) in [6.07, 6.45) is 4.81. The van der Waals surface area contributed by atoms with Crippen molar-refractivity contribution in [2.45, 2.75) is 57.9 Å². The van der Waals surface area contributed by atoms with Crippen molar-refractivity contribution in [2.75, 3.05) is 0 Å². The summed E-state index contributed by atoms with van der Waals surface area (Å²) in [6.45, 7) is 4.11. The van der Waals surface area contributed by atoms with Gasteiger partial charge in [-0.1, -0.05) is 48.5 Å².